The van der Waals surface area contributed by atoms with Crippen LogP contribution in [-0.2, 0) is 0 Å². The van der Waals surface area contributed by atoms with Crippen LogP contribution in [0.25, 0.3) is 0 Å². The van der Waals surface area contributed by atoms with Crippen LogP contribution >= 0.6 is 0 Å². The molecule has 0 radical (unpaired) electrons. The summed E-state index contributed by atoms with van der Waals surface area (Å²) in [6.45, 7) is 0. The van der Waals surface area contributed by atoms with Gasteiger partial charge in [-0.1, -0.05) is 36.4 Å². The summed E-state index contributed by atoms with van der Waals surface area (Å²) in [6, 6.07) is 18.6. The molecule has 0 saturated carbocycles. The van der Waals surface area contributed by atoms with Gasteiger partial charge in [-0.15, -0.1) is 0 Å². The van der Waals surface area contributed by atoms with E-state index >= 15 is 0 Å². The van der Waals surface area contributed by atoms with Crippen LogP contribution in [0.2, 0.25) is 0 Å². The highest BCUT2D eigenvalue weighted by atomic mass is 16.1. The third-order valence-corrected chi connectivity index (χ3v) is 3.58. The summed E-state index contributed by atoms with van der Waals surface area (Å²) >= 11 is 0. The van der Waals surface area contributed by atoms with Crippen molar-refractivity contribution in [2.45, 2.75) is 18.4 Å². The molecule has 0 bridgehead atoms. The number of carbonyl (C=O) groups is 1. The Bertz CT molecular complexity index is 619. The lowest BCUT2D eigenvalue weighted by Crippen LogP contribution is -2.53. The fourth-order valence-electron chi connectivity index (χ4n) is 2.41. The molecule has 1 amide bonds. The zero-order valence-corrected chi connectivity index (χ0v) is 12.0. The van der Waals surface area contributed by atoms with E-state index in [1.54, 1.807) is 12.1 Å². The maximum atomic E-state index is 12.3. The Balaban J connectivity index is 1.69. The Kier molecular flexibility index (Phi) is 4.34. The lowest BCUT2D eigenvalue weighted by Gasteiger charge is -2.24. The van der Waals surface area contributed by atoms with Crippen molar-refractivity contribution in [2.75, 3.05) is 5.32 Å². The number of hydrogen-bond acceptors (Lipinski definition) is 5. The van der Waals surface area contributed by atoms with E-state index in [4.69, 9.17) is 5.73 Å². The quantitative estimate of drug-likeness (QED) is 0.570. The van der Waals surface area contributed by atoms with E-state index in [-0.39, 0.29) is 24.3 Å². The fourth-order valence-corrected chi connectivity index (χ4v) is 2.41. The predicted octanol–water partition coefficient (Wildman–Crippen LogP) is 0.616. The van der Waals surface area contributed by atoms with Gasteiger partial charge in [0.1, 0.15) is 6.17 Å². The van der Waals surface area contributed by atoms with Crippen LogP contribution in [0.4, 0.5) is 5.69 Å². The molecule has 3 unspecified atom stereocenters. The Morgan fingerprint density at radius 2 is 1.59 bits per heavy atom. The van der Waals surface area contributed by atoms with E-state index in [2.05, 4.69) is 21.5 Å². The summed E-state index contributed by atoms with van der Waals surface area (Å²) < 4.78 is 0. The fraction of sp³-hybridized carbons (Fsp3) is 0.188. The topological polar surface area (TPSA) is 91.2 Å². The maximum absolute atomic E-state index is 12.3. The number of amides is 1. The molecule has 1 aliphatic heterocycles. The van der Waals surface area contributed by atoms with Gasteiger partial charge in [0.25, 0.3) is 5.91 Å². The number of carbonyl (C=O) groups excluding carboxylic acids is 1. The van der Waals surface area contributed by atoms with Crippen LogP contribution in [0.3, 0.4) is 0 Å². The molecular formula is C16H19N5O. The average molecular weight is 297 g/mol. The van der Waals surface area contributed by atoms with Gasteiger partial charge in [0.2, 0.25) is 0 Å². The van der Waals surface area contributed by atoms with Gasteiger partial charge >= 0.3 is 0 Å². The first-order chi connectivity index (χ1) is 10.7. The zero-order valence-electron chi connectivity index (χ0n) is 12.0. The van der Waals surface area contributed by atoms with Crippen molar-refractivity contribution in [3.05, 3.63) is 66.2 Å². The minimum atomic E-state index is -0.381. The second-order valence-corrected chi connectivity index (χ2v) is 5.17. The summed E-state index contributed by atoms with van der Waals surface area (Å²) in [4.78, 5) is 12.3. The molecule has 1 heterocycles. The normalized spacial score (nSPS) is 24.0. The second-order valence-electron chi connectivity index (χ2n) is 5.17. The molecule has 1 aliphatic rings. The van der Waals surface area contributed by atoms with Gasteiger partial charge in [-0.2, -0.15) is 0 Å². The van der Waals surface area contributed by atoms with Gasteiger partial charge in [-0.3, -0.25) is 4.79 Å². The van der Waals surface area contributed by atoms with Crippen molar-refractivity contribution in [3.8, 4) is 0 Å². The number of nitrogens with two attached hydrogens (primary N) is 1. The SMILES string of the molecule is NC1NNC(Nc2ccccc2)C1NC(=O)c1ccccc1. The second kappa shape index (κ2) is 6.57. The van der Waals surface area contributed by atoms with Gasteiger partial charge in [0, 0.05) is 11.3 Å². The minimum absolute atomic E-state index is 0.147. The predicted molar refractivity (Wildman–Crippen MR) is 85.8 cm³/mol. The molecule has 1 saturated heterocycles. The molecule has 3 rings (SSSR count). The van der Waals surface area contributed by atoms with Crippen molar-refractivity contribution in [1.29, 1.82) is 0 Å². The van der Waals surface area contributed by atoms with Crippen molar-refractivity contribution in [2.24, 2.45) is 5.73 Å². The van der Waals surface area contributed by atoms with Crippen LogP contribution in [0.5, 0.6) is 0 Å². The van der Waals surface area contributed by atoms with Crippen molar-refractivity contribution in [3.63, 3.8) is 0 Å². The molecule has 6 N–H and O–H groups in total. The smallest absolute Gasteiger partial charge is 0.251 e. The van der Waals surface area contributed by atoms with E-state index < -0.39 is 0 Å². The van der Waals surface area contributed by atoms with Gasteiger partial charge in [0.05, 0.1) is 12.2 Å². The molecule has 2 aromatic rings. The third kappa shape index (κ3) is 3.25. The van der Waals surface area contributed by atoms with Gasteiger partial charge in [-0.25, -0.2) is 10.9 Å². The highest BCUT2D eigenvalue weighted by Crippen LogP contribution is 2.11. The highest BCUT2D eigenvalue weighted by molar-refractivity contribution is 5.94. The molecule has 114 valence electrons. The van der Waals surface area contributed by atoms with Crippen molar-refractivity contribution >= 4 is 11.6 Å². The first-order valence-electron chi connectivity index (χ1n) is 7.18. The molecule has 0 aliphatic carbocycles. The highest BCUT2D eigenvalue weighted by Gasteiger charge is 2.34. The van der Waals surface area contributed by atoms with Crippen LogP contribution in [0.1, 0.15) is 10.4 Å². The first-order valence-corrected chi connectivity index (χ1v) is 7.18. The van der Waals surface area contributed by atoms with E-state index in [1.165, 1.54) is 0 Å². The maximum Gasteiger partial charge on any atom is 0.251 e. The van der Waals surface area contributed by atoms with Gasteiger partial charge in [0.15, 0.2) is 0 Å². The largest absolute Gasteiger partial charge is 0.367 e. The first kappa shape index (κ1) is 14.5. The summed E-state index contributed by atoms with van der Waals surface area (Å²) in [5.74, 6) is -0.147. The number of rotatable bonds is 4. The van der Waals surface area contributed by atoms with E-state index in [0.717, 1.165) is 5.69 Å². The summed E-state index contributed by atoms with van der Waals surface area (Å²) in [5.41, 5.74) is 13.6. The Morgan fingerprint density at radius 3 is 2.27 bits per heavy atom. The number of para-hydroxylation sites is 1. The molecule has 3 atom stereocenters. The summed E-state index contributed by atoms with van der Waals surface area (Å²) in [6.07, 6.45) is -0.584. The van der Waals surface area contributed by atoms with Crippen LogP contribution in [-0.4, -0.2) is 24.3 Å². The van der Waals surface area contributed by atoms with E-state index in [1.807, 2.05) is 48.5 Å². The van der Waals surface area contributed by atoms with E-state index in [9.17, 15) is 4.79 Å². The van der Waals surface area contributed by atoms with Crippen LogP contribution in [0.15, 0.2) is 60.7 Å². The Labute approximate surface area is 129 Å². The molecule has 0 aromatic heterocycles. The summed E-state index contributed by atoms with van der Waals surface area (Å²) in [7, 11) is 0. The Morgan fingerprint density at radius 1 is 0.955 bits per heavy atom. The van der Waals surface area contributed by atoms with Crippen molar-refractivity contribution < 1.29 is 4.79 Å². The van der Waals surface area contributed by atoms with Crippen LogP contribution < -0.4 is 27.2 Å². The monoisotopic (exact) mass is 297 g/mol. The lowest BCUT2D eigenvalue weighted by molar-refractivity contribution is 0.0931. The standard InChI is InChI=1S/C16H19N5O/c17-14-13(19-16(22)11-7-3-1-4-8-11)15(21-20-14)18-12-9-5-2-6-10-12/h1-10,13-15,18,20-21H,17H2,(H,19,22). The van der Waals surface area contributed by atoms with Crippen molar-refractivity contribution in [1.82, 2.24) is 16.2 Å². The number of anilines is 1. The zero-order chi connectivity index (χ0) is 15.4. The third-order valence-electron chi connectivity index (χ3n) is 3.58. The molecular weight excluding hydrogens is 278 g/mol. The number of nitrogens with one attached hydrogen (secondary N) is 4. The summed E-state index contributed by atoms with van der Waals surface area (Å²) in [5, 5.41) is 6.27. The van der Waals surface area contributed by atoms with E-state index in [0.29, 0.717) is 5.56 Å². The average Bonchev–Trinajstić information content (AvgIpc) is 2.90. The number of benzene rings is 2. The minimum Gasteiger partial charge on any atom is -0.367 e. The number of hydrazine groups is 1. The Hall–Kier alpha value is -2.41. The number of hydrogen-bond donors (Lipinski definition) is 5. The molecule has 6 heteroatoms. The molecule has 0 spiro atoms. The molecule has 22 heavy (non-hydrogen) atoms. The molecule has 1 fully saturated rings. The molecule has 6 nitrogen and oxygen atoms in total. The van der Waals surface area contributed by atoms with Gasteiger partial charge in [-0.05, 0) is 24.3 Å². The lowest BCUT2D eigenvalue weighted by atomic mass is 10.1. The molecule has 2 aromatic carbocycles. The van der Waals surface area contributed by atoms with Crippen LogP contribution in [0, 0.1) is 0 Å². The van der Waals surface area contributed by atoms with Gasteiger partial charge < -0.3 is 16.4 Å².